The van der Waals surface area contributed by atoms with Crippen LogP contribution in [-0.4, -0.2) is 56.3 Å². The number of carbonyl (C=O) groups excluding carboxylic acids is 2. The third-order valence-electron chi connectivity index (χ3n) is 9.52. The molecule has 7 nitrogen and oxygen atoms in total. The van der Waals surface area contributed by atoms with E-state index in [0.717, 1.165) is 68.7 Å². The maximum atomic E-state index is 13.9. The normalized spacial score (nSPS) is 26.1. The molecule has 4 heterocycles. The molecule has 2 amide bonds. The zero-order valence-electron chi connectivity index (χ0n) is 22.7. The van der Waals surface area contributed by atoms with Gasteiger partial charge in [0.25, 0.3) is 0 Å². The number of imidazole rings is 1. The SMILES string of the molecule is CC(=O)N[C@@H](CCN1[C@@H]2CC[C@H]1C[C@@H](n1c(C)nc3c1CCN(C(=O)C1CCC1)C3)C2)c1cccc(F)c1. The minimum absolute atomic E-state index is 0.0887. The van der Waals surface area contributed by atoms with Gasteiger partial charge in [-0.05, 0) is 69.6 Å². The minimum atomic E-state index is -0.270. The molecular formula is C30H40FN5O2. The summed E-state index contributed by atoms with van der Waals surface area (Å²) in [6.45, 7) is 6.02. The lowest BCUT2D eigenvalue weighted by atomic mass is 9.84. The number of benzene rings is 1. The number of rotatable bonds is 7. The average Bonchev–Trinajstić information content (AvgIpc) is 3.30. The van der Waals surface area contributed by atoms with Crippen LogP contribution in [0.15, 0.2) is 24.3 Å². The van der Waals surface area contributed by atoms with Crippen LogP contribution in [0.2, 0.25) is 0 Å². The Morgan fingerprint density at radius 3 is 2.55 bits per heavy atom. The first kappa shape index (κ1) is 25.5. The van der Waals surface area contributed by atoms with Gasteiger partial charge >= 0.3 is 0 Å². The second kappa shape index (κ2) is 10.4. The highest BCUT2D eigenvalue weighted by molar-refractivity contribution is 5.79. The van der Waals surface area contributed by atoms with E-state index in [1.807, 2.05) is 11.0 Å². The molecule has 2 aromatic rings. The van der Waals surface area contributed by atoms with Gasteiger partial charge in [0.2, 0.25) is 11.8 Å². The van der Waals surface area contributed by atoms with E-state index in [1.54, 1.807) is 6.07 Å². The lowest BCUT2D eigenvalue weighted by Crippen LogP contribution is -2.45. The van der Waals surface area contributed by atoms with Crippen LogP contribution in [0.3, 0.4) is 0 Å². The maximum Gasteiger partial charge on any atom is 0.226 e. The highest BCUT2D eigenvalue weighted by Crippen LogP contribution is 2.43. The molecule has 1 aromatic heterocycles. The number of amides is 2. The minimum Gasteiger partial charge on any atom is -0.349 e. The molecule has 2 saturated heterocycles. The van der Waals surface area contributed by atoms with E-state index in [0.29, 0.717) is 30.6 Å². The van der Waals surface area contributed by atoms with E-state index >= 15 is 0 Å². The van der Waals surface area contributed by atoms with E-state index < -0.39 is 0 Å². The first-order valence-electron chi connectivity index (χ1n) is 14.5. The third-order valence-corrected chi connectivity index (χ3v) is 9.52. The van der Waals surface area contributed by atoms with Gasteiger partial charge in [-0.25, -0.2) is 9.37 Å². The molecular weight excluding hydrogens is 481 g/mol. The molecule has 3 aliphatic heterocycles. The number of carbonyl (C=O) groups is 2. The van der Waals surface area contributed by atoms with Crippen LogP contribution in [0.5, 0.6) is 0 Å². The Labute approximate surface area is 224 Å². The standard InChI is InChI=1S/C30H40FN5O2/c1-19-32-28-18-34(30(38)21-5-3-6-21)13-12-29(28)36(19)26-16-24-9-10-25(17-26)35(24)14-11-27(33-20(2)37)22-7-4-8-23(31)15-22/h4,7-8,15,21,24-27H,3,5-6,9-14,16-18H2,1-2H3,(H,33,37)/t24-,25+,26+,27-/m0/s1. The molecule has 204 valence electrons. The number of piperidine rings is 1. The Hall–Kier alpha value is -2.74. The first-order chi connectivity index (χ1) is 18.4. The summed E-state index contributed by atoms with van der Waals surface area (Å²) in [6, 6.07) is 7.88. The van der Waals surface area contributed by atoms with Crippen molar-refractivity contribution in [2.24, 2.45) is 5.92 Å². The van der Waals surface area contributed by atoms with Gasteiger partial charge in [-0.2, -0.15) is 0 Å². The largest absolute Gasteiger partial charge is 0.349 e. The Morgan fingerprint density at radius 2 is 1.89 bits per heavy atom. The molecule has 0 spiro atoms. The van der Waals surface area contributed by atoms with Crippen LogP contribution in [0.25, 0.3) is 0 Å². The summed E-state index contributed by atoms with van der Waals surface area (Å²) in [6.07, 6.45) is 9.56. The van der Waals surface area contributed by atoms with Crippen LogP contribution in [0.1, 0.15) is 93.1 Å². The zero-order chi connectivity index (χ0) is 26.4. The highest BCUT2D eigenvalue weighted by atomic mass is 19.1. The van der Waals surface area contributed by atoms with Gasteiger partial charge in [0.1, 0.15) is 11.6 Å². The number of nitrogens with zero attached hydrogens (tertiary/aromatic N) is 4. The fourth-order valence-corrected chi connectivity index (χ4v) is 7.52. The average molecular weight is 522 g/mol. The van der Waals surface area contributed by atoms with Crippen molar-refractivity contribution in [3.63, 3.8) is 0 Å². The summed E-state index contributed by atoms with van der Waals surface area (Å²) in [7, 11) is 0. The van der Waals surface area contributed by atoms with Crippen LogP contribution < -0.4 is 5.32 Å². The number of hydrogen-bond acceptors (Lipinski definition) is 4. The second-order valence-corrected chi connectivity index (χ2v) is 11.9. The van der Waals surface area contributed by atoms with Gasteiger partial charge < -0.3 is 14.8 Å². The van der Waals surface area contributed by atoms with Crippen LogP contribution in [0.4, 0.5) is 4.39 Å². The summed E-state index contributed by atoms with van der Waals surface area (Å²) in [5.74, 6) is 1.30. The predicted octanol–water partition coefficient (Wildman–Crippen LogP) is 4.45. The number of halogens is 1. The Balaban J connectivity index is 1.12. The van der Waals surface area contributed by atoms with Gasteiger partial charge in [0, 0.05) is 56.2 Å². The number of fused-ring (bicyclic) bond motifs is 3. The van der Waals surface area contributed by atoms with E-state index in [9.17, 15) is 14.0 Å². The highest BCUT2D eigenvalue weighted by Gasteiger charge is 2.43. The van der Waals surface area contributed by atoms with E-state index in [-0.39, 0.29) is 23.7 Å². The molecule has 3 fully saturated rings. The number of aryl methyl sites for hydroxylation is 1. The number of nitrogens with one attached hydrogen (secondary N) is 1. The van der Waals surface area contributed by atoms with E-state index in [4.69, 9.17) is 4.98 Å². The van der Waals surface area contributed by atoms with Gasteiger partial charge in [-0.15, -0.1) is 0 Å². The molecule has 2 bridgehead atoms. The molecule has 0 radical (unpaired) electrons. The molecule has 0 unspecified atom stereocenters. The van der Waals surface area contributed by atoms with Gasteiger partial charge in [-0.1, -0.05) is 18.6 Å². The Bertz CT molecular complexity index is 1190. The summed E-state index contributed by atoms with van der Waals surface area (Å²) < 4.78 is 16.4. The zero-order valence-corrected chi connectivity index (χ0v) is 22.7. The quantitative estimate of drug-likeness (QED) is 0.585. The molecule has 1 aliphatic carbocycles. The maximum absolute atomic E-state index is 13.9. The van der Waals surface area contributed by atoms with Crippen molar-refractivity contribution in [1.82, 2.24) is 24.7 Å². The van der Waals surface area contributed by atoms with Gasteiger partial charge in [0.05, 0.1) is 18.3 Å². The monoisotopic (exact) mass is 521 g/mol. The van der Waals surface area contributed by atoms with Gasteiger partial charge in [-0.3, -0.25) is 14.5 Å². The van der Waals surface area contributed by atoms with Crippen LogP contribution >= 0.6 is 0 Å². The predicted molar refractivity (Wildman–Crippen MR) is 143 cm³/mol. The van der Waals surface area contributed by atoms with E-state index in [2.05, 4.69) is 21.7 Å². The number of hydrogen-bond donors (Lipinski definition) is 1. The third kappa shape index (κ3) is 4.88. The lowest BCUT2D eigenvalue weighted by molar-refractivity contribution is -0.139. The Kier molecular flexibility index (Phi) is 7.01. The van der Waals surface area contributed by atoms with Crippen LogP contribution in [0, 0.1) is 18.7 Å². The van der Waals surface area contributed by atoms with Crippen molar-refractivity contribution in [2.45, 2.75) is 102 Å². The number of aromatic nitrogens is 2. The topological polar surface area (TPSA) is 70.5 Å². The summed E-state index contributed by atoms with van der Waals surface area (Å²) in [4.78, 5) is 34.4. The van der Waals surface area contributed by atoms with E-state index in [1.165, 1.54) is 44.0 Å². The molecule has 1 aromatic carbocycles. The summed E-state index contributed by atoms with van der Waals surface area (Å²) in [5.41, 5.74) is 3.27. The Morgan fingerprint density at radius 1 is 1.13 bits per heavy atom. The second-order valence-electron chi connectivity index (χ2n) is 11.9. The molecule has 1 saturated carbocycles. The molecule has 8 heteroatoms. The van der Waals surface area contributed by atoms with Crippen molar-refractivity contribution in [1.29, 1.82) is 0 Å². The fraction of sp³-hybridized carbons (Fsp3) is 0.633. The summed E-state index contributed by atoms with van der Waals surface area (Å²) >= 11 is 0. The van der Waals surface area contributed by atoms with Crippen molar-refractivity contribution >= 4 is 11.8 Å². The smallest absolute Gasteiger partial charge is 0.226 e. The molecule has 1 N–H and O–H groups in total. The van der Waals surface area contributed by atoms with Crippen molar-refractivity contribution in [2.75, 3.05) is 13.1 Å². The lowest BCUT2D eigenvalue weighted by Gasteiger charge is -2.41. The van der Waals surface area contributed by atoms with Gasteiger partial charge in [0.15, 0.2) is 0 Å². The van der Waals surface area contributed by atoms with Crippen molar-refractivity contribution in [3.8, 4) is 0 Å². The van der Waals surface area contributed by atoms with Crippen LogP contribution in [-0.2, 0) is 22.6 Å². The molecule has 4 atom stereocenters. The molecule has 6 rings (SSSR count). The fourth-order valence-electron chi connectivity index (χ4n) is 7.52. The molecule has 38 heavy (non-hydrogen) atoms. The van der Waals surface area contributed by atoms with Crippen molar-refractivity contribution < 1.29 is 14.0 Å². The molecule has 4 aliphatic rings. The summed E-state index contributed by atoms with van der Waals surface area (Å²) in [5, 5.41) is 3.04. The van der Waals surface area contributed by atoms with Crippen molar-refractivity contribution in [3.05, 3.63) is 52.9 Å². The first-order valence-corrected chi connectivity index (χ1v) is 14.5.